The topological polar surface area (TPSA) is 66.4 Å². The van der Waals surface area contributed by atoms with Crippen molar-refractivity contribution in [1.29, 1.82) is 0 Å². The first-order valence-electron chi connectivity index (χ1n) is 10.0. The standard InChI is InChI=1S/C20H28N4O2/c1-14(25)23-10-8-18-17(13-23)11-21-19(22-18)16-7-4-9-24(12-16)20(26)15-5-2-3-6-15/h11,15-16H,2-10,12-13H2,1H3. The molecule has 0 aromatic carbocycles. The van der Waals surface area contributed by atoms with Crippen LogP contribution in [0.5, 0.6) is 0 Å². The largest absolute Gasteiger partial charge is 0.342 e. The number of carbonyl (C=O) groups is 2. The zero-order valence-corrected chi connectivity index (χ0v) is 15.6. The van der Waals surface area contributed by atoms with E-state index in [1.165, 1.54) is 12.8 Å². The second-order valence-corrected chi connectivity index (χ2v) is 8.00. The summed E-state index contributed by atoms with van der Waals surface area (Å²) >= 11 is 0. The monoisotopic (exact) mass is 356 g/mol. The van der Waals surface area contributed by atoms with Gasteiger partial charge in [-0.2, -0.15) is 0 Å². The van der Waals surface area contributed by atoms with Crippen molar-refractivity contribution in [1.82, 2.24) is 19.8 Å². The Balaban J connectivity index is 1.45. The van der Waals surface area contributed by atoms with Crippen molar-refractivity contribution in [2.24, 2.45) is 5.92 Å². The normalized spacial score (nSPS) is 23.8. The van der Waals surface area contributed by atoms with Crippen LogP contribution in [0.15, 0.2) is 6.20 Å². The summed E-state index contributed by atoms with van der Waals surface area (Å²) in [5.41, 5.74) is 2.14. The van der Waals surface area contributed by atoms with Crippen molar-refractivity contribution in [3.63, 3.8) is 0 Å². The maximum atomic E-state index is 12.8. The average molecular weight is 356 g/mol. The molecule has 1 atom stereocenters. The Morgan fingerprint density at radius 3 is 2.65 bits per heavy atom. The van der Waals surface area contributed by atoms with Gasteiger partial charge < -0.3 is 9.80 Å². The SMILES string of the molecule is CC(=O)N1CCc2nc(C3CCCN(C(=O)C4CCCC4)C3)ncc2C1. The van der Waals surface area contributed by atoms with Crippen LogP contribution in [-0.2, 0) is 22.6 Å². The average Bonchev–Trinajstić information content (AvgIpc) is 3.21. The van der Waals surface area contributed by atoms with Crippen LogP contribution in [0.3, 0.4) is 0 Å². The molecule has 6 heteroatoms. The van der Waals surface area contributed by atoms with Crippen molar-refractivity contribution in [3.8, 4) is 0 Å². The molecular formula is C20H28N4O2. The van der Waals surface area contributed by atoms with E-state index in [1.54, 1.807) is 6.92 Å². The highest BCUT2D eigenvalue weighted by atomic mass is 16.2. The number of hydrogen-bond donors (Lipinski definition) is 0. The lowest BCUT2D eigenvalue weighted by molar-refractivity contribution is -0.136. The molecule has 140 valence electrons. The third kappa shape index (κ3) is 3.46. The van der Waals surface area contributed by atoms with Crippen LogP contribution in [0.4, 0.5) is 0 Å². The summed E-state index contributed by atoms with van der Waals surface area (Å²) in [7, 11) is 0. The van der Waals surface area contributed by atoms with Crippen molar-refractivity contribution in [3.05, 3.63) is 23.3 Å². The lowest BCUT2D eigenvalue weighted by Crippen LogP contribution is -2.42. The minimum absolute atomic E-state index is 0.105. The summed E-state index contributed by atoms with van der Waals surface area (Å²) in [6, 6.07) is 0. The number of nitrogens with zero attached hydrogens (tertiary/aromatic N) is 4. The van der Waals surface area contributed by atoms with E-state index < -0.39 is 0 Å². The third-order valence-corrected chi connectivity index (χ3v) is 6.20. The number of piperidine rings is 1. The summed E-state index contributed by atoms with van der Waals surface area (Å²) in [5.74, 6) is 1.82. The lowest BCUT2D eigenvalue weighted by atomic mass is 9.95. The molecule has 2 fully saturated rings. The molecule has 2 amide bonds. The molecule has 1 aliphatic carbocycles. The van der Waals surface area contributed by atoms with Gasteiger partial charge in [0.2, 0.25) is 11.8 Å². The van der Waals surface area contributed by atoms with Gasteiger partial charge >= 0.3 is 0 Å². The number of hydrogen-bond acceptors (Lipinski definition) is 4. The number of aromatic nitrogens is 2. The Labute approximate surface area is 155 Å². The summed E-state index contributed by atoms with van der Waals surface area (Å²) in [6.07, 6.45) is 9.27. The van der Waals surface area contributed by atoms with E-state index in [0.29, 0.717) is 12.5 Å². The molecule has 1 saturated carbocycles. The van der Waals surface area contributed by atoms with Gasteiger partial charge in [0.25, 0.3) is 0 Å². The van der Waals surface area contributed by atoms with E-state index in [1.807, 2.05) is 11.1 Å². The summed E-state index contributed by atoms with van der Waals surface area (Å²) in [4.78, 5) is 37.7. The second-order valence-electron chi connectivity index (χ2n) is 8.00. The van der Waals surface area contributed by atoms with E-state index in [9.17, 15) is 9.59 Å². The first-order valence-corrected chi connectivity index (χ1v) is 10.0. The number of likely N-dealkylation sites (tertiary alicyclic amines) is 1. The van der Waals surface area contributed by atoms with E-state index in [2.05, 4.69) is 9.88 Å². The van der Waals surface area contributed by atoms with Crippen LogP contribution in [0.1, 0.15) is 68.4 Å². The zero-order chi connectivity index (χ0) is 18.1. The minimum atomic E-state index is 0.105. The van der Waals surface area contributed by atoms with Crippen molar-refractivity contribution in [2.45, 2.75) is 64.3 Å². The summed E-state index contributed by atoms with van der Waals surface area (Å²) < 4.78 is 0. The zero-order valence-electron chi connectivity index (χ0n) is 15.6. The van der Waals surface area contributed by atoms with Crippen LogP contribution in [0, 0.1) is 5.92 Å². The van der Waals surface area contributed by atoms with Gasteiger partial charge in [-0.1, -0.05) is 12.8 Å². The molecule has 26 heavy (non-hydrogen) atoms. The van der Waals surface area contributed by atoms with Gasteiger partial charge in [0, 0.05) is 63.1 Å². The Hall–Kier alpha value is -1.98. The molecule has 6 nitrogen and oxygen atoms in total. The Morgan fingerprint density at radius 1 is 1.08 bits per heavy atom. The van der Waals surface area contributed by atoms with Gasteiger partial charge in [0.15, 0.2) is 0 Å². The van der Waals surface area contributed by atoms with E-state index in [0.717, 1.165) is 68.8 Å². The molecule has 1 unspecified atom stereocenters. The summed E-state index contributed by atoms with van der Waals surface area (Å²) in [6.45, 7) is 4.59. The summed E-state index contributed by atoms with van der Waals surface area (Å²) in [5, 5.41) is 0. The molecule has 1 aromatic rings. The van der Waals surface area contributed by atoms with Gasteiger partial charge in [0.05, 0.1) is 5.69 Å². The molecular weight excluding hydrogens is 328 g/mol. The molecule has 2 aliphatic heterocycles. The molecule has 3 heterocycles. The fourth-order valence-corrected chi connectivity index (χ4v) is 4.62. The van der Waals surface area contributed by atoms with Crippen LogP contribution >= 0.6 is 0 Å². The van der Waals surface area contributed by atoms with E-state index in [4.69, 9.17) is 4.98 Å². The Morgan fingerprint density at radius 2 is 1.88 bits per heavy atom. The minimum Gasteiger partial charge on any atom is -0.342 e. The molecule has 3 aliphatic rings. The van der Waals surface area contributed by atoms with Gasteiger partial charge in [-0.3, -0.25) is 9.59 Å². The lowest BCUT2D eigenvalue weighted by Gasteiger charge is -2.34. The fourth-order valence-electron chi connectivity index (χ4n) is 4.62. The quantitative estimate of drug-likeness (QED) is 0.815. The first kappa shape index (κ1) is 17.4. The van der Waals surface area contributed by atoms with Gasteiger partial charge in [0.1, 0.15) is 5.82 Å². The molecule has 0 bridgehead atoms. The number of fused-ring (bicyclic) bond motifs is 1. The molecule has 1 aromatic heterocycles. The van der Waals surface area contributed by atoms with Crippen molar-refractivity contribution >= 4 is 11.8 Å². The highest BCUT2D eigenvalue weighted by molar-refractivity contribution is 5.79. The van der Waals surface area contributed by atoms with Gasteiger partial charge in [-0.25, -0.2) is 9.97 Å². The molecule has 0 radical (unpaired) electrons. The Bertz CT molecular complexity index is 699. The maximum Gasteiger partial charge on any atom is 0.225 e. The molecule has 1 saturated heterocycles. The van der Waals surface area contributed by atoms with Crippen LogP contribution in [0.25, 0.3) is 0 Å². The first-order chi connectivity index (χ1) is 12.6. The molecule has 0 spiro atoms. The predicted molar refractivity (Wildman–Crippen MR) is 97.3 cm³/mol. The fraction of sp³-hybridized carbons (Fsp3) is 0.700. The highest BCUT2D eigenvalue weighted by Gasteiger charge is 2.32. The van der Waals surface area contributed by atoms with E-state index in [-0.39, 0.29) is 17.7 Å². The van der Waals surface area contributed by atoms with Crippen molar-refractivity contribution in [2.75, 3.05) is 19.6 Å². The Kier molecular flexibility index (Phi) is 4.92. The second kappa shape index (κ2) is 7.33. The smallest absolute Gasteiger partial charge is 0.225 e. The van der Waals surface area contributed by atoms with E-state index >= 15 is 0 Å². The van der Waals surface area contributed by atoms with Crippen LogP contribution < -0.4 is 0 Å². The third-order valence-electron chi connectivity index (χ3n) is 6.20. The van der Waals surface area contributed by atoms with Crippen LogP contribution in [0.2, 0.25) is 0 Å². The van der Waals surface area contributed by atoms with Gasteiger partial charge in [-0.15, -0.1) is 0 Å². The number of rotatable bonds is 2. The molecule has 4 rings (SSSR count). The van der Waals surface area contributed by atoms with Crippen molar-refractivity contribution < 1.29 is 9.59 Å². The number of carbonyl (C=O) groups excluding carboxylic acids is 2. The number of amides is 2. The van der Waals surface area contributed by atoms with Crippen LogP contribution in [-0.4, -0.2) is 51.2 Å². The predicted octanol–water partition coefficient (Wildman–Crippen LogP) is 2.28. The van der Waals surface area contributed by atoms with Gasteiger partial charge in [-0.05, 0) is 25.7 Å². The molecule has 0 N–H and O–H groups in total. The maximum absolute atomic E-state index is 12.8. The highest BCUT2D eigenvalue weighted by Crippen LogP contribution is 2.31.